The molecule has 1 aliphatic carbocycles. The van der Waals surface area contributed by atoms with Gasteiger partial charge >= 0.3 is 11.7 Å². The van der Waals surface area contributed by atoms with Crippen LogP contribution in [0.3, 0.4) is 0 Å². The number of fused-ring (bicyclic) bond motifs is 1. The molecule has 9 heteroatoms. The fourth-order valence-electron chi connectivity index (χ4n) is 3.97. The lowest BCUT2D eigenvalue weighted by atomic mass is 9.82. The summed E-state index contributed by atoms with van der Waals surface area (Å²) in [7, 11) is 2.97. The number of methoxy groups -OCH3 is 1. The second-order valence-corrected chi connectivity index (χ2v) is 7.61. The van der Waals surface area contributed by atoms with Gasteiger partial charge in [-0.3, -0.25) is 18.7 Å². The lowest BCUT2D eigenvalue weighted by molar-refractivity contribution is -0.140. The fraction of sp³-hybridized carbons (Fsp3) is 0.684. The number of carbonyl (C=O) groups excluding carboxylic acids is 1. The molecule has 2 aromatic heterocycles. The number of ether oxygens (including phenoxy) is 1. The Bertz CT molecular complexity index is 950. The number of rotatable bonds is 7. The third-order valence-electron chi connectivity index (χ3n) is 5.80. The Balaban J connectivity index is 1.82. The van der Waals surface area contributed by atoms with E-state index >= 15 is 0 Å². The Morgan fingerprint density at radius 2 is 1.96 bits per heavy atom. The van der Waals surface area contributed by atoms with Crippen molar-refractivity contribution in [1.82, 2.24) is 19.1 Å². The Morgan fingerprint density at radius 3 is 2.61 bits per heavy atom. The number of hydrogen-bond acceptors (Lipinski definition) is 6. The molecule has 1 aliphatic rings. The average molecular weight is 391 g/mol. The van der Waals surface area contributed by atoms with E-state index in [9.17, 15) is 14.4 Å². The van der Waals surface area contributed by atoms with Crippen LogP contribution < -0.4 is 17.0 Å². The molecule has 0 unspecified atom stereocenters. The highest BCUT2D eigenvalue weighted by atomic mass is 16.5. The molecule has 1 fully saturated rings. The summed E-state index contributed by atoms with van der Waals surface area (Å²) in [6, 6.07) is 0. The first-order valence-corrected chi connectivity index (χ1v) is 9.92. The molecule has 28 heavy (non-hydrogen) atoms. The molecule has 0 amide bonds. The van der Waals surface area contributed by atoms with E-state index in [1.54, 1.807) is 7.05 Å². The van der Waals surface area contributed by atoms with Gasteiger partial charge in [0.25, 0.3) is 5.56 Å². The van der Waals surface area contributed by atoms with Crippen LogP contribution in [0, 0.1) is 5.92 Å². The predicted octanol–water partition coefficient (Wildman–Crippen LogP) is 0.999. The topological polar surface area (TPSA) is 125 Å². The summed E-state index contributed by atoms with van der Waals surface area (Å²) in [6.45, 7) is 0.969. The van der Waals surface area contributed by atoms with Crippen LogP contribution in [0.5, 0.6) is 0 Å². The van der Waals surface area contributed by atoms with E-state index in [1.807, 2.05) is 0 Å². The van der Waals surface area contributed by atoms with Gasteiger partial charge in [0.15, 0.2) is 5.65 Å². The molecular formula is C19H29N5O4. The van der Waals surface area contributed by atoms with Crippen LogP contribution in [-0.2, 0) is 23.1 Å². The van der Waals surface area contributed by atoms with Crippen LogP contribution >= 0.6 is 0 Å². The smallest absolute Gasteiger partial charge is 0.332 e. The number of esters is 1. The molecule has 9 nitrogen and oxygen atoms in total. The molecule has 0 saturated heterocycles. The first kappa shape index (κ1) is 20.3. The van der Waals surface area contributed by atoms with Crippen molar-refractivity contribution in [2.24, 2.45) is 18.7 Å². The van der Waals surface area contributed by atoms with Crippen LogP contribution in [0.4, 0.5) is 0 Å². The summed E-state index contributed by atoms with van der Waals surface area (Å²) < 4.78 is 7.24. The van der Waals surface area contributed by atoms with Gasteiger partial charge in [0.05, 0.1) is 7.11 Å². The van der Waals surface area contributed by atoms with E-state index in [-0.39, 0.29) is 36.1 Å². The molecule has 154 valence electrons. The molecular weight excluding hydrogens is 362 g/mol. The van der Waals surface area contributed by atoms with Crippen molar-refractivity contribution >= 4 is 17.1 Å². The van der Waals surface area contributed by atoms with Crippen molar-refractivity contribution < 1.29 is 9.53 Å². The van der Waals surface area contributed by atoms with Gasteiger partial charge in [-0.05, 0) is 51.0 Å². The molecule has 0 radical (unpaired) electrons. The molecule has 0 aliphatic heterocycles. The number of imidazole rings is 1. The van der Waals surface area contributed by atoms with Gasteiger partial charge in [-0.2, -0.15) is 0 Å². The van der Waals surface area contributed by atoms with Crippen LogP contribution in [-0.4, -0.2) is 38.7 Å². The number of carbonyl (C=O) groups is 1. The van der Waals surface area contributed by atoms with Crippen LogP contribution in [0.2, 0.25) is 0 Å². The summed E-state index contributed by atoms with van der Waals surface area (Å²) in [5.41, 5.74) is 5.79. The second kappa shape index (κ2) is 8.72. The quantitative estimate of drug-likeness (QED) is 0.536. The van der Waals surface area contributed by atoms with Crippen LogP contribution in [0.15, 0.2) is 9.59 Å². The lowest BCUT2D eigenvalue weighted by Crippen LogP contribution is -2.39. The number of nitrogens with one attached hydrogen (secondary N) is 1. The van der Waals surface area contributed by atoms with Crippen molar-refractivity contribution in [3.8, 4) is 0 Å². The Kier molecular flexibility index (Phi) is 6.33. The monoisotopic (exact) mass is 391 g/mol. The minimum absolute atomic E-state index is 0.258. The predicted molar refractivity (Wildman–Crippen MR) is 105 cm³/mol. The summed E-state index contributed by atoms with van der Waals surface area (Å²) >= 11 is 0. The Labute approximate surface area is 162 Å². The fourth-order valence-corrected chi connectivity index (χ4v) is 3.97. The number of aromatic nitrogens is 4. The van der Waals surface area contributed by atoms with Gasteiger partial charge in [-0.25, -0.2) is 9.78 Å². The minimum atomic E-state index is -0.388. The first-order chi connectivity index (χ1) is 13.5. The van der Waals surface area contributed by atoms with Crippen LogP contribution in [0.25, 0.3) is 11.2 Å². The molecule has 0 aromatic carbocycles. The number of nitrogens with two attached hydrogens (primary N) is 1. The average Bonchev–Trinajstić information content (AvgIpc) is 3.17. The molecule has 1 saturated carbocycles. The first-order valence-electron chi connectivity index (χ1n) is 9.92. The van der Waals surface area contributed by atoms with E-state index < -0.39 is 0 Å². The zero-order valence-corrected chi connectivity index (χ0v) is 16.6. The molecule has 0 atom stereocenters. The summed E-state index contributed by atoms with van der Waals surface area (Å²) in [6.07, 6.45) is 5.45. The second-order valence-electron chi connectivity index (χ2n) is 7.61. The molecule has 2 aromatic rings. The van der Waals surface area contributed by atoms with E-state index in [0.717, 1.165) is 31.5 Å². The van der Waals surface area contributed by atoms with Gasteiger partial charge in [-0.1, -0.05) is 0 Å². The zero-order chi connectivity index (χ0) is 20.3. The SMILES string of the molecule is COC(=O)CCCCn1c(=O)c2[nH]c(C3CCC(CN)CC3)nc2n(C)c1=O. The van der Waals surface area contributed by atoms with Crippen molar-refractivity contribution in [2.45, 2.75) is 57.4 Å². The Hall–Kier alpha value is -2.42. The van der Waals surface area contributed by atoms with Crippen molar-refractivity contribution in [3.63, 3.8) is 0 Å². The molecule has 0 bridgehead atoms. The van der Waals surface area contributed by atoms with Crippen LogP contribution in [0.1, 0.15) is 56.7 Å². The van der Waals surface area contributed by atoms with Crippen molar-refractivity contribution in [1.29, 1.82) is 0 Å². The largest absolute Gasteiger partial charge is 0.469 e. The van der Waals surface area contributed by atoms with Gasteiger partial charge < -0.3 is 15.5 Å². The third kappa shape index (κ3) is 4.04. The standard InChI is InChI=1S/C19H29N5O4/c1-23-17-15(21-16(22-17)13-8-6-12(11-20)7-9-13)18(26)24(19(23)27)10-4-3-5-14(25)28-2/h12-13H,3-11,20H2,1-2H3,(H,21,22). The molecule has 2 heterocycles. The molecule has 3 N–H and O–H groups in total. The Morgan fingerprint density at radius 1 is 1.25 bits per heavy atom. The van der Waals surface area contributed by atoms with Gasteiger partial charge in [-0.15, -0.1) is 0 Å². The summed E-state index contributed by atoms with van der Waals surface area (Å²) in [5.74, 6) is 1.31. The highest BCUT2D eigenvalue weighted by molar-refractivity contribution is 5.70. The highest BCUT2D eigenvalue weighted by Gasteiger charge is 2.25. The summed E-state index contributed by atoms with van der Waals surface area (Å²) in [4.78, 5) is 44.4. The number of aryl methyl sites for hydroxylation is 1. The number of unbranched alkanes of at least 4 members (excludes halogenated alkanes) is 1. The van der Waals surface area contributed by atoms with E-state index in [1.165, 1.54) is 16.2 Å². The number of nitrogens with zero attached hydrogens (tertiary/aromatic N) is 3. The third-order valence-corrected chi connectivity index (χ3v) is 5.80. The van der Waals surface area contributed by atoms with E-state index in [0.29, 0.717) is 36.5 Å². The molecule has 0 spiro atoms. The highest BCUT2D eigenvalue weighted by Crippen LogP contribution is 2.34. The number of hydrogen-bond donors (Lipinski definition) is 2. The van der Waals surface area contributed by atoms with Gasteiger partial charge in [0.2, 0.25) is 0 Å². The summed E-state index contributed by atoms with van der Waals surface area (Å²) in [5, 5.41) is 0. The maximum atomic E-state index is 12.9. The number of H-pyrrole nitrogens is 1. The maximum Gasteiger partial charge on any atom is 0.332 e. The van der Waals surface area contributed by atoms with Crippen molar-refractivity contribution in [3.05, 3.63) is 26.7 Å². The maximum absolute atomic E-state index is 12.9. The van der Waals surface area contributed by atoms with E-state index in [2.05, 4.69) is 14.7 Å². The normalized spacial score (nSPS) is 19.8. The van der Waals surface area contributed by atoms with Crippen molar-refractivity contribution in [2.75, 3.05) is 13.7 Å². The van der Waals surface area contributed by atoms with Gasteiger partial charge in [0.1, 0.15) is 11.3 Å². The lowest BCUT2D eigenvalue weighted by Gasteiger charge is -2.26. The van der Waals surface area contributed by atoms with Gasteiger partial charge in [0, 0.05) is 25.9 Å². The number of aromatic amines is 1. The minimum Gasteiger partial charge on any atom is -0.469 e. The zero-order valence-electron chi connectivity index (χ0n) is 16.6. The molecule has 3 rings (SSSR count). The van der Waals surface area contributed by atoms with E-state index in [4.69, 9.17) is 5.73 Å².